The van der Waals surface area contributed by atoms with Crippen molar-refractivity contribution < 1.29 is 19.1 Å². The van der Waals surface area contributed by atoms with E-state index in [1.54, 1.807) is 17.0 Å². The van der Waals surface area contributed by atoms with E-state index in [0.29, 0.717) is 18.0 Å². The third kappa shape index (κ3) is 4.21. The highest BCUT2D eigenvalue weighted by Crippen LogP contribution is 2.30. The lowest BCUT2D eigenvalue weighted by atomic mass is 10.2. The molecule has 118 valence electrons. The summed E-state index contributed by atoms with van der Waals surface area (Å²) in [7, 11) is 0. The van der Waals surface area contributed by atoms with Crippen LogP contribution in [0.5, 0.6) is 5.75 Å². The van der Waals surface area contributed by atoms with E-state index in [-0.39, 0.29) is 44.2 Å². The van der Waals surface area contributed by atoms with Crippen LogP contribution in [0, 0.1) is 0 Å². The number of nitrogens with two attached hydrogens (primary N) is 1. The molecule has 3 amide bonds. The zero-order valence-electron chi connectivity index (χ0n) is 12.2. The van der Waals surface area contributed by atoms with E-state index >= 15 is 0 Å². The number of primary amides is 1. The molecule has 0 aromatic heterocycles. The number of para-hydroxylation sites is 2. The SMILES string of the molecule is NC(=O)CCNC(=O)CCN1C(=O)CCOc2ccccc21. The van der Waals surface area contributed by atoms with Crippen LogP contribution in [-0.2, 0) is 14.4 Å². The monoisotopic (exact) mass is 305 g/mol. The Labute approximate surface area is 128 Å². The maximum atomic E-state index is 12.1. The number of anilines is 1. The number of hydrogen-bond donors (Lipinski definition) is 2. The van der Waals surface area contributed by atoms with Crippen LogP contribution < -0.4 is 20.7 Å². The van der Waals surface area contributed by atoms with Gasteiger partial charge in [0.25, 0.3) is 0 Å². The zero-order valence-corrected chi connectivity index (χ0v) is 12.2. The first-order chi connectivity index (χ1) is 10.6. The molecular formula is C15H19N3O4. The number of hydrogen-bond acceptors (Lipinski definition) is 4. The van der Waals surface area contributed by atoms with E-state index in [1.165, 1.54) is 0 Å². The lowest BCUT2D eigenvalue weighted by Crippen LogP contribution is -2.35. The number of benzene rings is 1. The van der Waals surface area contributed by atoms with Crippen molar-refractivity contribution in [3.8, 4) is 5.75 Å². The molecule has 0 atom stereocenters. The molecule has 1 heterocycles. The standard InChI is InChI=1S/C15H19N3O4/c16-13(19)5-8-17-14(20)6-9-18-11-3-1-2-4-12(11)22-10-7-15(18)21/h1-4H,5-10H2,(H2,16,19)(H,17,20). The zero-order chi connectivity index (χ0) is 15.9. The molecule has 0 fully saturated rings. The van der Waals surface area contributed by atoms with Gasteiger partial charge in [0.15, 0.2) is 0 Å². The van der Waals surface area contributed by atoms with E-state index in [0.717, 1.165) is 0 Å². The van der Waals surface area contributed by atoms with Gasteiger partial charge in [-0.25, -0.2) is 0 Å². The Bertz CT molecular complexity index is 574. The first kappa shape index (κ1) is 15.8. The number of rotatable bonds is 6. The van der Waals surface area contributed by atoms with Gasteiger partial charge in [-0.15, -0.1) is 0 Å². The summed E-state index contributed by atoms with van der Waals surface area (Å²) in [4.78, 5) is 36.1. The topological polar surface area (TPSA) is 102 Å². The molecule has 7 nitrogen and oxygen atoms in total. The van der Waals surface area contributed by atoms with Gasteiger partial charge in [0.1, 0.15) is 5.75 Å². The van der Waals surface area contributed by atoms with Crippen molar-refractivity contribution in [2.24, 2.45) is 5.73 Å². The Hall–Kier alpha value is -2.57. The van der Waals surface area contributed by atoms with Crippen LogP contribution >= 0.6 is 0 Å². The fourth-order valence-electron chi connectivity index (χ4n) is 2.19. The van der Waals surface area contributed by atoms with Crippen LogP contribution in [0.3, 0.4) is 0 Å². The largest absolute Gasteiger partial charge is 0.491 e. The summed E-state index contributed by atoms with van der Waals surface area (Å²) in [6.45, 7) is 0.806. The Kier molecular flexibility index (Phi) is 5.35. The Morgan fingerprint density at radius 2 is 2.05 bits per heavy atom. The molecule has 0 unspecified atom stereocenters. The fraction of sp³-hybridized carbons (Fsp3) is 0.400. The Morgan fingerprint density at radius 3 is 2.82 bits per heavy atom. The molecule has 0 aliphatic carbocycles. The molecule has 0 radical (unpaired) electrons. The highest BCUT2D eigenvalue weighted by atomic mass is 16.5. The Balaban J connectivity index is 1.94. The number of nitrogens with zero attached hydrogens (tertiary/aromatic N) is 1. The maximum Gasteiger partial charge on any atom is 0.230 e. The van der Waals surface area contributed by atoms with E-state index in [9.17, 15) is 14.4 Å². The van der Waals surface area contributed by atoms with Crippen molar-refractivity contribution in [2.45, 2.75) is 19.3 Å². The number of ether oxygens (including phenoxy) is 1. The van der Waals surface area contributed by atoms with Crippen LogP contribution in [0.2, 0.25) is 0 Å². The van der Waals surface area contributed by atoms with Gasteiger partial charge in [0.2, 0.25) is 17.7 Å². The summed E-state index contributed by atoms with van der Waals surface area (Å²) in [5, 5.41) is 2.60. The Morgan fingerprint density at radius 1 is 1.27 bits per heavy atom. The minimum absolute atomic E-state index is 0.0742. The molecule has 1 aromatic carbocycles. The lowest BCUT2D eigenvalue weighted by molar-refractivity contribution is -0.121. The van der Waals surface area contributed by atoms with Crippen molar-refractivity contribution in [3.63, 3.8) is 0 Å². The van der Waals surface area contributed by atoms with Crippen LogP contribution in [0.4, 0.5) is 5.69 Å². The molecule has 7 heteroatoms. The summed E-state index contributed by atoms with van der Waals surface area (Å²) in [5.74, 6) is -0.122. The van der Waals surface area contributed by atoms with Crippen molar-refractivity contribution in [2.75, 3.05) is 24.6 Å². The maximum absolute atomic E-state index is 12.1. The van der Waals surface area contributed by atoms with Crippen molar-refractivity contribution >= 4 is 23.4 Å². The van der Waals surface area contributed by atoms with Gasteiger partial charge in [0.05, 0.1) is 18.7 Å². The molecule has 0 bridgehead atoms. The van der Waals surface area contributed by atoms with Crippen molar-refractivity contribution in [1.29, 1.82) is 0 Å². The first-order valence-corrected chi connectivity index (χ1v) is 7.15. The average molecular weight is 305 g/mol. The molecule has 2 rings (SSSR count). The van der Waals surface area contributed by atoms with E-state index in [1.807, 2.05) is 12.1 Å². The third-order valence-corrected chi connectivity index (χ3v) is 3.29. The van der Waals surface area contributed by atoms with Gasteiger partial charge >= 0.3 is 0 Å². The van der Waals surface area contributed by atoms with E-state index in [2.05, 4.69) is 5.32 Å². The number of amides is 3. The highest BCUT2D eigenvalue weighted by molar-refractivity contribution is 5.96. The highest BCUT2D eigenvalue weighted by Gasteiger charge is 2.23. The van der Waals surface area contributed by atoms with Crippen LogP contribution in [-0.4, -0.2) is 37.4 Å². The van der Waals surface area contributed by atoms with Crippen LogP contribution in [0.25, 0.3) is 0 Å². The molecule has 22 heavy (non-hydrogen) atoms. The number of fused-ring (bicyclic) bond motifs is 1. The van der Waals surface area contributed by atoms with Crippen LogP contribution in [0.1, 0.15) is 19.3 Å². The van der Waals surface area contributed by atoms with E-state index in [4.69, 9.17) is 10.5 Å². The molecular weight excluding hydrogens is 286 g/mol. The van der Waals surface area contributed by atoms with Gasteiger partial charge < -0.3 is 20.7 Å². The number of carbonyl (C=O) groups is 3. The van der Waals surface area contributed by atoms with E-state index < -0.39 is 5.91 Å². The smallest absolute Gasteiger partial charge is 0.230 e. The summed E-state index contributed by atoms with van der Waals surface area (Å²) < 4.78 is 5.53. The molecule has 1 aliphatic heterocycles. The van der Waals surface area contributed by atoms with Crippen molar-refractivity contribution in [3.05, 3.63) is 24.3 Å². The first-order valence-electron chi connectivity index (χ1n) is 7.15. The molecule has 3 N–H and O–H groups in total. The summed E-state index contributed by atoms with van der Waals surface area (Å²) in [5.41, 5.74) is 5.68. The lowest BCUT2D eigenvalue weighted by Gasteiger charge is -2.21. The summed E-state index contributed by atoms with van der Waals surface area (Å²) >= 11 is 0. The second-order valence-electron chi connectivity index (χ2n) is 4.93. The predicted octanol–water partition coefficient (Wildman–Crippen LogP) is 0.184. The minimum Gasteiger partial charge on any atom is -0.491 e. The molecule has 1 aliphatic rings. The average Bonchev–Trinajstić information content (AvgIpc) is 2.63. The van der Waals surface area contributed by atoms with Crippen LogP contribution in [0.15, 0.2) is 24.3 Å². The second-order valence-corrected chi connectivity index (χ2v) is 4.93. The van der Waals surface area contributed by atoms with Gasteiger partial charge in [-0.2, -0.15) is 0 Å². The normalized spacial score (nSPS) is 13.8. The molecule has 0 saturated carbocycles. The predicted molar refractivity (Wildman–Crippen MR) is 80.3 cm³/mol. The fourth-order valence-corrected chi connectivity index (χ4v) is 2.19. The number of carbonyl (C=O) groups excluding carboxylic acids is 3. The van der Waals surface area contributed by atoms with Gasteiger partial charge in [-0.3, -0.25) is 14.4 Å². The summed E-state index contributed by atoms with van der Waals surface area (Å²) in [6.07, 6.45) is 0.530. The third-order valence-electron chi connectivity index (χ3n) is 3.29. The molecule has 0 saturated heterocycles. The molecule has 0 spiro atoms. The van der Waals surface area contributed by atoms with Gasteiger partial charge in [-0.05, 0) is 12.1 Å². The van der Waals surface area contributed by atoms with Crippen molar-refractivity contribution in [1.82, 2.24) is 5.32 Å². The van der Waals surface area contributed by atoms with Gasteiger partial charge in [-0.1, -0.05) is 12.1 Å². The quantitative estimate of drug-likeness (QED) is 0.783. The molecule has 1 aromatic rings. The summed E-state index contributed by atoms with van der Waals surface area (Å²) in [6, 6.07) is 7.25. The van der Waals surface area contributed by atoms with Gasteiger partial charge in [0, 0.05) is 25.9 Å². The minimum atomic E-state index is -0.464. The second kappa shape index (κ2) is 7.44. The number of nitrogens with one attached hydrogen (secondary N) is 1.